The van der Waals surface area contributed by atoms with E-state index in [1.807, 2.05) is 19.1 Å². The fourth-order valence-electron chi connectivity index (χ4n) is 1.37. The average molecular weight is 173 g/mol. The van der Waals surface area contributed by atoms with Gasteiger partial charge in [-0.05, 0) is 31.5 Å². The first-order valence-corrected chi connectivity index (χ1v) is 4.21. The van der Waals surface area contributed by atoms with E-state index < -0.39 is 0 Å². The second-order valence-corrected chi connectivity index (χ2v) is 3.11. The fraction of sp³-hybridized carbons (Fsp3) is 0.200. The third-order valence-electron chi connectivity index (χ3n) is 1.84. The summed E-state index contributed by atoms with van der Waals surface area (Å²) in [5.74, 6) is 0.826. The summed E-state index contributed by atoms with van der Waals surface area (Å²) in [6.45, 7) is 4.04. The Morgan fingerprint density at radius 2 is 2.08 bits per heavy atom. The Balaban J connectivity index is 2.53. The lowest BCUT2D eigenvalue weighted by molar-refractivity contribution is 1.14. The SMILES string of the molecule is Cc1cc(C)nc(-c2ncc[nH]2)c1. The van der Waals surface area contributed by atoms with Crippen LogP contribution in [0.1, 0.15) is 11.3 Å². The van der Waals surface area contributed by atoms with Gasteiger partial charge in [-0.2, -0.15) is 0 Å². The smallest absolute Gasteiger partial charge is 0.155 e. The summed E-state index contributed by atoms with van der Waals surface area (Å²) < 4.78 is 0. The summed E-state index contributed by atoms with van der Waals surface area (Å²) in [5.41, 5.74) is 3.13. The van der Waals surface area contributed by atoms with E-state index in [9.17, 15) is 0 Å². The number of imidazole rings is 1. The highest BCUT2D eigenvalue weighted by Gasteiger charge is 2.01. The Morgan fingerprint density at radius 1 is 1.23 bits per heavy atom. The van der Waals surface area contributed by atoms with E-state index in [1.54, 1.807) is 12.4 Å². The number of H-pyrrole nitrogens is 1. The van der Waals surface area contributed by atoms with Crippen LogP contribution in [0.5, 0.6) is 0 Å². The minimum atomic E-state index is 0.826. The summed E-state index contributed by atoms with van der Waals surface area (Å²) >= 11 is 0. The quantitative estimate of drug-likeness (QED) is 0.717. The Morgan fingerprint density at radius 3 is 2.69 bits per heavy atom. The van der Waals surface area contributed by atoms with E-state index in [0.717, 1.165) is 17.2 Å². The maximum absolute atomic E-state index is 4.38. The second kappa shape index (κ2) is 3.01. The molecule has 0 atom stereocenters. The minimum absolute atomic E-state index is 0.826. The van der Waals surface area contributed by atoms with Gasteiger partial charge in [0.15, 0.2) is 5.82 Å². The molecule has 0 aliphatic carbocycles. The van der Waals surface area contributed by atoms with Crippen LogP contribution in [-0.4, -0.2) is 15.0 Å². The van der Waals surface area contributed by atoms with E-state index >= 15 is 0 Å². The summed E-state index contributed by atoms with van der Waals surface area (Å²) in [6.07, 6.45) is 3.53. The van der Waals surface area contributed by atoms with Crippen LogP contribution in [0.25, 0.3) is 11.5 Å². The second-order valence-electron chi connectivity index (χ2n) is 3.11. The van der Waals surface area contributed by atoms with Crippen LogP contribution < -0.4 is 0 Å². The number of pyridine rings is 1. The molecule has 0 amide bonds. The summed E-state index contributed by atoms with van der Waals surface area (Å²) in [6, 6.07) is 4.07. The molecular formula is C10H11N3. The molecule has 0 aromatic carbocycles. The van der Waals surface area contributed by atoms with E-state index in [0.29, 0.717) is 0 Å². The monoisotopic (exact) mass is 173 g/mol. The van der Waals surface area contributed by atoms with Gasteiger partial charge in [-0.25, -0.2) is 9.97 Å². The van der Waals surface area contributed by atoms with Gasteiger partial charge in [0.1, 0.15) is 5.69 Å². The molecule has 0 bridgehead atoms. The van der Waals surface area contributed by atoms with Gasteiger partial charge in [-0.1, -0.05) is 0 Å². The lowest BCUT2D eigenvalue weighted by Gasteiger charge is -2.00. The highest BCUT2D eigenvalue weighted by Crippen LogP contribution is 2.13. The Hall–Kier alpha value is -1.64. The first-order chi connectivity index (χ1) is 6.25. The van der Waals surface area contributed by atoms with Gasteiger partial charge in [-0.15, -0.1) is 0 Å². The van der Waals surface area contributed by atoms with E-state index in [1.165, 1.54) is 5.56 Å². The lowest BCUT2D eigenvalue weighted by atomic mass is 10.2. The number of nitrogens with zero attached hydrogens (tertiary/aromatic N) is 2. The number of hydrogen-bond acceptors (Lipinski definition) is 2. The summed E-state index contributed by atoms with van der Waals surface area (Å²) in [4.78, 5) is 11.6. The van der Waals surface area contributed by atoms with Gasteiger partial charge < -0.3 is 4.98 Å². The first kappa shape index (κ1) is 7.98. The van der Waals surface area contributed by atoms with Gasteiger partial charge >= 0.3 is 0 Å². The van der Waals surface area contributed by atoms with Crippen LogP contribution in [0.2, 0.25) is 0 Å². The van der Waals surface area contributed by atoms with Gasteiger partial charge in [0.05, 0.1) is 0 Å². The molecule has 0 aliphatic rings. The third kappa shape index (κ3) is 1.59. The third-order valence-corrected chi connectivity index (χ3v) is 1.84. The zero-order valence-corrected chi connectivity index (χ0v) is 7.70. The molecule has 0 spiro atoms. The molecule has 0 unspecified atom stereocenters. The van der Waals surface area contributed by atoms with Crippen LogP contribution >= 0.6 is 0 Å². The topological polar surface area (TPSA) is 41.6 Å². The van der Waals surface area contributed by atoms with Crippen LogP contribution in [-0.2, 0) is 0 Å². The molecule has 3 nitrogen and oxygen atoms in total. The van der Waals surface area contributed by atoms with Crippen molar-refractivity contribution in [3.63, 3.8) is 0 Å². The van der Waals surface area contributed by atoms with Crippen molar-refractivity contribution in [1.29, 1.82) is 0 Å². The summed E-state index contributed by atoms with van der Waals surface area (Å²) in [5, 5.41) is 0. The number of rotatable bonds is 1. The molecule has 2 aromatic rings. The van der Waals surface area contributed by atoms with Crippen molar-refractivity contribution in [3.8, 4) is 11.5 Å². The van der Waals surface area contributed by atoms with Gasteiger partial charge in [-0.3, -0.25) is 0 Å². The van der Waals surface area contributed by atoms with Crippen LogP contribution in [0.3, 0.4) is 0 Å². The van der Waals surface area contributed by atoms with Gasteiger partial charge in [0.2, 0.25) is 0 Å². The molecule has 0 radical (unpaired) electrons. The fourth-order valence-corrected chi connectivity index (χ4v) is 1.37. The molecule has 0 fully saturated rings. The number of nitrogens with one attached hydrogen (secondary N) is 1. The molecule has 3 heteroatoms. The van der Waals surface area contributed by atoms with E-state index in [2.05, 4.69) is 21.9 Å². The summed E-state index contributed by atoms with van der Waals surface area (Å²) in [7, 11) is 0. The zero-order valence-electron chi connectivity index (χ0n) is 7.70. The molecule has 2 aromatic heterocycles. The number of aromatic amines is 1. The highest BCUT2D eigenvalue weighted by molar-refractivity contribution is 5.50. The van der Waals surface area contributed by atoms with Crippen LogP contribution in [0, 0.1) is 13.8 Å². The molecule has 1 N–H and O–H groups in total. The predicted molar refractivity (Wildman–Crippen MR) is 51.3 cm³/mol. The van der Waals surface area contributed by atoms with Crippen LogP contribution in [0.15, 0.2) is 24.5 Å². The standard InChI is InChI=1S/C10H11N3/c1-7-5-8(2)13-9(6-7)10-11-3-4-12-10/h3-6H,1-2H3,(H,11,12). The normalized spacial score (nSPS) is 10.3. The van der Waals surface area contributed by atoms with Crippen molar-refractivity contribution >= 4 is 0 Å². The van der Waals surface area contributed by atoms with Gasteiger partial charge in [0.25, 0.3) is 0 Å². The Bertz CT molecular complexity index is 384. The molecule has 2 heterocycles. The highest BCUT2D eigenvalue weighted by atomic mass is 14.9. The van der Waals surface area contributed by atoms with Crippen molar-refractivity contribution in [3.05, 3.63) is 35.8 Å². The number of aryl methyl sites for hydroxylation is 2. The largest absolute Gasteiger partial charge is 0.343 e. The maximum Gasteiger partial charge on any atom is 0.155 e. The molecular weight excluding hydrogens is 162 g/mol. The zero-order chi connectivity index (χ0) is 9.26. The minimum Gasteiger partial charge on any atom is -0.343 e. The van der Waals surface area contributed by atoms with Crippen molar-refractivity contribution in [2.75, 3.05) is 0 Å². The lowest BCUT2D eigenvalue weighted by Crippen LogP contribution is -1.90. The average Bonchev–Trinajstić information content (AvgIpc) is 2.53. The van der Waals surface area contributed by atoms with E-state index in [4.69, 9.17) is 0 Å². The van der Waals surface area contributed by atoms with Gasteiger partial charge in [0, 0.05) is 18.1 Å². The molecule has 0 saturated heterocycles. The van der Waals surface area contributed by atoms with Crippen molar-refractivity contribution < 1.29 is 0 Å². The Kier molecular flexibility index (Phi) is 1.85. The van der Waals surface area contributed by atoms with Crippen molar-refractivity contribution in [1.82, 2.24) is 15.0 Å². The molecule has 66 valence electrons. The molecule has 13 heavy (non-hydrogen) atoms. The van der Waals surface area contributed by atoms with Crippen molar-refractivity contribution in [2.45, 2.75) is 13.8 Å². The molecule has 0 saturated carbocycles. The maximum atomic E-state index is 4.38. The predicted octanol–water partition coefficient (Wildman–Crippen LogP) is 2.09. The first-order valence-electron chi connectivity index (χ1n) is 4.21. The van der Waals surface area contributed by atoms with Crippen molar-refractivity contribution in [2.24, 2.45) is 0 Å². The molecule has 0 aliphatic heterocycles. The molecule has 2 rings (SSSR count). The van der Waals surface area contributed by atoms with E-state index in [-0.39, 0.29) is 0 Å². The van der Waals surface area contributed by atoms with Crippen LogP contribution in [0.4, 0.5) is 0 Å². The Labute approximate surface area is 76.9 Å². The number of aromatic nitrogens is 3. The number of hydrogen-bond donors (Lipinski definition) is 1.